The van der Waals surface area contributed by atoms with Gasteiger partial charge in [-0.15, -0.1) is 9.41 Å². The van der Waals surface area contributed by atoms with Gasteiger partial charge in [-0.3, -0.25) is 9.26 Å². The molecule has 3 heteroatoms. The summed E-state index contributed by atoms with van der Waals surface area (Å²) < 4.78 is 4.42. The highest BCUT2D eigenvalue weighted by molar-refractivity contribution is 8.02. The van der Waals surface area contributed by atoms with Gasteiger partial charge >= 0.3 is 0 Å². The normalized spacial score (nSPS) is 24.3. The molecule has 0 aromatic rings. The van der Waals surface area contributed by atoms with Gasteiger partial charge in [-0.2, -0.15) is 0 Å². The molecular weight excluding hydrogens is 168 g/mol. The molecule has 1 fully saturated rings. The van der Waals surface area contributed by atoms with Gasteiger partial charge in [0.2, 0.25) is 0 Å². The molecule has 0 aromatic heterocycles. The van der Waals surface area contributed by atoms with Crippen LogP contribution in [-0.2, 0) is 9.41 Å². The fourth-order valence-corrected chi connectivity index (χ4v) is 3.21. The third-order valence-electron chi connectivity index (χ3n) is 2.63. The SMILES string of the molecule is C=S1(=NC)CCN(C(C)C)CC1. The number of rotatable bonds is 1. The standard InChI is InChI=1S/C9H20N2S/c1-9(2)11-5-7-12(4,10-3)8-6-11/h9H,4-8H2,1-3H3. The molecule has 0 aromatic carbocycles. The topological polar surface area (TPSA) is 15.6 Å². The zero-order valence-electron chi connectivity index (χ0n) is 8.42. The van der Waals surface area contributed by atoms with E-state index in [9.17, 15) is 0 Å². The van der Waals surface area contributed by atoms with Gasteiger partial charge in [0.05, 0.1) is 0 Å². The quantitative estimate of drug-likeness (QED) is 0.563. The molecule has 0 N–H and O–H groups in total. The van der Waals surface area contributed by atoms with E-state index >= 15 is 0 Å². The highest BCUT2D eigenvalue weighted by atomic mass is 32.2. The summed E-state index contributed by atoms with van der Waals surface area (Å²) in [5, 5.41) is 0. The number of hydrogen-bond acceptors (Lipinski definition) is 2. The van der Waals surface area contributed by atoms with Crippen molar-refractivity contribution in [2.24, 2.45) is 4.36 Å². The maximum atomic E-state index is 4.42. The average Bonchev–Trinajstić information content (AvgIpc) is 2.05. The smallest absolute Gasteiger partial charge is 0.0340 e. The Morgan fingerprint density at radius 1 is 1.33 bits per heavy atom. The van der Waals surface area contributed by atoms with Crippen LogP contribution in [0.4, 0.5) is 0 Å². The van der Waals surface area contributed by atoms with Crippen molar-refractivity contribution in [3.8, 4) is 0 Å². The van der Waals surface area contributed by atoms with Crippen molar-refractivity contribution < 1.29 is 0 Å². The lowest BCUT2D eigenvalue weighted by molar-refractivity contribution is 0.244. The molecule has 1 rings (SSSR count). The molecule has 12 heavy (non-hydrogen) atoms. The first-order valence-corrected chi connectivity index (χ1v) is 6.64. The maximum absolute atomic E-state index is 4.42. The van der Waals surface area contributed by atoms with Crippen LogP contribution in [-0.4, -0.2) is 48.5 Å². The zero-order valence-corrected chi connectivity index (χ0v) is 9.23. The summed E-state index contributed by atoms with van der Waals surface area (Å²) in [6.07, 6.45) is 0. The van der Waals surface area contributed by atoms with Crippen LogP contribution < -0.4 is 0 Å². The lowest BCUT2D eigenvalue weighted by Gasteiger charge is -2.33. The van der Waals surface area contributed by atoms with E-state index in [1.54, 1.807) is 0 Å². The minimum atomic E-state index is -0.811. The molecule has 0 aliphatic carbocycles. The second-order valence-electron chi connectivity index (χ2n) is 3.72. The van der Waals surface area contributed by atoms with Crippen LogP contribution in [0.25, 0.3) is 0 Å². The lowest BCUT2D eigenvalue weighted by atomic mass is 10.3. The summed E-state index contributed by atoms with van der Waals surface area (Å²) in [6.45, 7) is 6.89. The third-order valence-corrected chi connectivity index (χ3v) is 5.29. The minimum Gasteiger partial charge on any atom is -0.299 e. The Morgan fingerprint density at radius 3 is 2.17 bits per heavy atom. The Morgan fingerprint density at radius 2 is 1.83 bits per heavy atom. The van der Waals surface area contributed by atoms with Crippen molar-refractivity contribution in [1.82, 2.24) is 4.90 Å². The summed E-state index contributed by atoms with van der Waals surface area (Å²) >= 11 is 0. The molecule has 0 atom stereocenters. The highest BCUT2D eigenvalue weighted by Crippen LogP contribution is 2.09. The van der Waals surface area contributed by atoms with Crippen LogP contribution in [0.1, 0.15) is 13.8 Å². The lowest BCUT2D eigenvalue weighted by Crippen LogP contribution is -2.43. The van der Waals surface area contributed by atoms with Crippen LogP contribution in [0.2, 0.25) is 0 Å². The summed E-state index contributed by atoms with van der Waals surface area (Å²) in [6, 6.07) is 0.686. The Hall–Kier alpha value is -0.0200. The van der Waals surface area contributed by atoms with E-state index in [-0.39, 0.29) is 0 Å². The molecule has 0 unspecified atom stereocenters. The van der Waals surface area contributed by atoms with Crippen molar-refractivity contribution in [3.05, 3.63) is 0 Å². The van der Waals surface area contributed by atoms with E-state index in [1.807, 2.05) is 7.05 Å². The average molecular weight is 188 g/mol. The van der Waals surface area contributed by atoms with Gasteiger partial charge in [-0.1, -0.05) is 5.87 Å². The first kappa shape index (κ1) is 10.1. The van der Waals surface area contributed by atoms with Gasteiger partial charge in [-0.25, -0.2) is 0 Å². The molecule has 0 radical (unpaired) electrons. The van der Waals surface area contributed by atoms with Crippen molar-refractivity contribution >= 4 is 15.3 Å². The molecule has 1 aliphatic heterocycles. The monoisotopic (exact) mass is 188 g/mol. The number of nitrogens with zero attached hydrogens (tertiary/aromatic N) is 2. The van der Waals surface area contributed by atoms with Crippen LogP contribution in [0.5, 0.6) is 0 Å². The first-order chi connectivity index (χ1) is 5.57. The minimum absolute atomic E-state index is 0.686. The van der Waals surface area contributed by atoms with Crippen LogP contribution in [0, 0.1) is 0 Å². The van der Waals surface area contributed by atoms with Gasteiger partial charge in [0.15, 0.2) is 0 Å². The fourth-order valence-electron chi connectivity index (χ4n) is 1.49. The van der Waals surface area contributed by atoms with Crippen LogP contribution >= 0.6 is 0 Å². The van der Waals surface area contributed by atoms with Gasteiger partial charge in [-0.05, 0) is 13.8 Å². The molecule has 72 valence electrons. The Labute approximate surface area is 76.6 Å². The molecule has 1 saturated heterocycles. The van der Waals surface area contributed by atoms with Crippen LogP contribution in [0.3, 0.4) is 0 Å². The zero-order chi connectivity index (χ0) is 9.19. The Balaban J connectivity index is 2.57. The van der Waals surface area contributed by atoms with E-state index in [0.29, 0.717) is 6.04 Å². The van der Waals surface area contributed by atoms with Crippen LogP contribution in [0.15, 0.2) is 4.36 Å². The molecule has 2 nitrogen and oxygen atoms in total. The number of hydrogen-bond donors (Lipinski definition) is 0. The Bertz CT molecular complexity index is 235. The Kier molecular flexibility index (Phi) is 3.18. The predicted octanol–water partition coefficient (Wildman–Crippen LogP) is 1.11. The maximum Gasteiger partial charge on any atom is 0.0340 e. The van der Waals surface area contributed by atoms with Gasteiger partial charge in [0.1, 0.15) is 0 Å². The van der Waals surface area contributed by atoms with Gasteiger partial charge in [0, 0.05) is 37.7 Å². The molecule has 0 bridgehead atoms. The molecule has 0 saturated carbocycles. The predicted molar refractivity (Wildman–Crippen MR) is 59.3 cm³/mol. The summed E-state index contributed by atoms with van der Waals surface area (Å²) in [7, 11) is 1.11. The van der Waals surface area contributed by atoms with Crippen molar-refractivity contribution in [2.75, 3.05) is 31.6 Å². The second-order valence-corrected chi connectivity index (χ2v) is 6.90. The molecular formula is C9H20N2S. The van der Waals surface area contributed by atoms with E-state index in [2.05, 4.69) is 29.0 Å². The van der Waals surface area contributed by atoms with E-state index < -0.39 is 9.41 Å². The van der Waals surface area contributed by atoms with Crippen molar-refractivity contribution in [2.45, 2.75) is 19.9 Å². The van der Waals surface area contributed by atoms with Gasteiger partial charge < -0.3 is 0 Å². The van der Waals surface area contributed by atoms with E-state index in [4.69, 9.17) is 0 Å². The van der Waals surface area contributed by atoms with Crippen molar-refractivity contribution in [3.63, 3.8) is 0 Å². The van der Waals surface area contributed by atoms with Gasteiger partial charge in [0.25, 0.3) is 0 Å². The highest BCUT2D eigenvalue weighted by Gasteiger charge is 2.17. The second kappa shape index (κ2) is 3.79. The summed E-state index contributed by atoms with van der Waals surface area (Å²) in [5.74, 6) is 6.62. The molecule has 0 amide bonds. The fraction of sp³-hybridized carbons (Fsp3) is 0.889. The van der Waals surface area contributed by atoms with E-state index in [0.717, 1.165) is 0 Å². The first-order valence-electron chi connectivity index (χ1n) is 4.54. The largest absolute Gasteiger partial charge is 0.299 e. The molecule has 0 spiro atoms. The van der Waals surface area contributed by atoms with Crippen molar-refractivity contribution in [1.29, 1.82) is 0 Å². The molecule has 1 heterocycles. The summed E-state index contributed by atoms with van der Waals surface area (Å²) in [5.41, 5.74) is 0. The third kappa shape index (κ3) is 2.23. The summed E-state index contributed by atoms with van der Waals surface area (Å²) in [4.78, 5) is 2.52. The van der Waals surface area contributed by atoms with E-state index in [1.165, 1.54) is 24.6 Å². The molecule has 1 aliphatic rings.